The summed E-state index contributed by atoms with van der Waals surface area (Å²) >= 11 is 0. The Morgan fingerprint density at radius 3 is 2.66 bits per heavy atom. The average Bonchev–Trinajstić information content (AvgIpc) is 3.17. The fourth-order valence-electron chi connectivity index (χ4n) is 3.85. The molecule has 32 heavy (non-hydrogen) atoms. The molecule has 6 heteroatoms. The van der Waals surface area contributed by atoms with Crippen molar-refractivity contribution in [1.82, 2.24) is 9.99 Å². The van der Waals surface area contributed by atoms with Gasteiger partial charge in [-0.05, 0) is 49.7 Å². The van der Waals surface area contributed by atoms with Crippen LogP contribution in [0.25, 0.3) is 10.9 Å². The lowest BCUT2D eigenvalue weighted by Gasteiger charge is -2.08. The summed E-state index contributed by atoms with van der Waals surface area (Å²) in [7, 11) is 0. The molecular formula is C26H22N4O2. The minimum absolute atomic E-state index is 0.0385. The topological polar surface area (TPSA) is 90.4 Å². The number of nitrogens with one attached hydrogen (secondary N) is 1. The van der Waals surface area contributed by atoms with Crippen LogP contribution in [0.1, 0.15) is 38.2 Å². The molecule has 2 N–H and O–H groups in total. The molecule has 0 radical (unpaired) electrons. The molecule has 3 aromatic carbocycles. The van der Waals surface area contributed by atoms with E-state index in [1.165, 1.54) is 34.9 Å². The Balaban J connectivity index is 1.53. The van der Waals surface area contributed by atoms with Gasteiger partial charge in [0.05, 0.1) is 11.8 Å². The molecule has 6 nitrogen and oxygen atoms in total. The molecule has 0 bridgehead atoms. The zero-order chi connectivity index (χ0) is 22.7. The van der Waals surface area contributed by atoms with Gasteiger partial charge >= 0.3 is 0 Å². The van der Waals surface area contributed by atoms with Crippen molar-refractivity contribution in [3.63, 3.8) is 0 Å². The lowest BCUT2D eigenvalue weighted by atomic mass is 10.1. The first-order valence-corrected chi connectivity index (χ1v) is 10.2. The third-order valence-electron chi connectivity index (χ3n) is 5.23. The number of aromatic hydroxyl groups is 1. The Bertz CT molecular complexity index is 1370. The molecule has 0 aliphatic heterocycles. The number of hydrogen-bond donors (Lipinski definition) is 2. The summed E-state index contributed by atoms with van der Waals surface area (Å²) in [5.41, 5.74) is 8.46. The number of carbonyl (C=O) groups is 1. The maximum atomic E-state index is 12.3. The predicted molar refractivity (Wildman–Crippen MR) is 125 cm³/mol. The van der Waals surface area contributed by atoms with Crippen molar-refractivity contribution >= 4 is 23.0 Å². The highest BCUT2D eigenvalue weighted by molar-refractivity contribution is 6.00. The number of rotatable bonds is 5. The molecule has 0 saturated heterocycles. The van der Waals surface area contributed by atoms with Gasteiger partial charge in [-0.25, -0.2) is 5.43 Å². The summed E-state index contributed by atoms with van der Waals surface area (Å²) in [6.45, 7) is 4.98. The fourth-order valence-corrected chi connectivity index (χ4v) is 3.85. The number of nitriles is 1. The Hall–Kier alpha value is -4.37. The molecule has 158 valence electrons. The Kier molecular flexibility index (Phi) is 5.73. The van der Waals surface area contributed by atoms with E-state index in [0.29, 0.717) is 0 Å². The van der Waals surface area contributed by atoms with Crippen molar-refractivity contribution in [3.8, 4) is 11.8 Å². The van der Waals surface area contributed by atoms with Crippen LogP contribution in [0.4, 0.5) is 0 Å². The highest BCUT2D eigenvalue weighted by Gasteiger charge is 2.09. The van der Waals surface area contributed by atoms with Gasteiger partial charge in [0.15, 0.2) is 0 Å². The Labute approximate surface area is 186 Å². The SMILES string of the molecule is Cc1cc(C)cc(Cn2ccc3c(C=NNC(=O)c4ccc(O)c(C#N)c4)cccc32)c1. The van der Waals surface area contributed by atoms with Crippen LogP contribution in [0.5, 0.6) is 5.75 Å². The number of aromatic nitrogens is 1. The van der Waals surface area contributed by atoms with E-state index in [1.807, 2.05) is 24.3 Å². The Morgan fingerprint density at radius 1 is 1.12 bits per heavy atom. The number of amides is 1. The number of phenolic OH excluding ortho intramolecular Hbond substituents is 1. The van der Waals surface area contributed by atoms with Gasteiger partial charge in [-0.2, -0.15) is 10.4 Å². The normalized spacial score (nSPS) is 11.0. The van der Waals surface area contributed by atoms with Crippen LogP contribution in [0.2, 0.25) is 0 Å². The van der Waals surface area contributed by atoms with E-state index in [0.717, 1.165) is 23.0 Å². The van der Waals surface area contributed by atoms with Gasteiger partial charge in [-0.15, -0.1) is 0 Å². The van der Waals surface area contributed by atoms with E-state index in [9.17, 15) is 9.90 Å². The lowest BCUT2D eigenvalue weighted by Crippen LogP contribution is -2.17. The highest BCUT2D eigenvalue weighted by atomic mass is 16.3. The second kappa shape index (κ2) is 8.78. The summed E-state index contributed by atoms with van der Waals surface area (Å²) in [4.78, 5) is 12.3. The largest absolute Gasteiger partial charge is 0.507 e. The van der Waals surface area contributed by atoms with Gasteiger partial charge in [0.25, 0.3) is 5.91 Å². The third-order valence-corrected chi connectivity index (χ3v) is 5.23. The number of carbonyl (C=O) groups excluding carboxylic acids is 1. The first-order valence-electron chi connectivity index (χ1n) is 10.2. The van der Waals surface area contributed by atoms with Crippen molar-refractivity contribution in [2.75, 3.05) is 0 Å². The highest BCUT2D eigenvalue weighted by Crippen LogP contribution is 2.21. The molecule has 4 aromatic rings. The molecule has 0 unspecified atom stereocenters. The van der Waals surface area contributed by atoms with Gasteiger partial charge in [0.1, 0.15) is 11.8 Å². The second-order valence-corrected chi connectivity index (χ2v) is 7.76. The van der Waals surface area contributed by atoms with Crippen LogP contribution in [0.3, 0.4) is 0 Å². The first-order chi connectivity index (χ1) is 15.4. The zero-order valence-corrected chi connectivity index (χ0v) is 17.8. The summed E-state index contributed by atoms with van der Waals surface area (Å²) < 4.78 is 2.19. The summed E-state index contributed by atoms with van der Waals surface area (Å²) in [6.07, 6.45) is 3.66. The summed E-state index contributed by atoms with van der Waals surface area (Å²) in [5, 5.41) is 23.7. The number of fused-ring (bicyclic) bond motifs is 1. The van der Waals surface area contributed by atoms with Crippen LogP contribution in [0, 0.1) is 25.2 Å². The minimum atomic E-state index is -0.461. The van der Waals surface area contributed by atoms with E-state index >= 15 is 0 Å². The van der Waals surface area contributed by atoms with Gasteiger partial charge in [-0.3, -0.25) is 4.79 Å². The predicted octanol–water partition coefficient (Wildman–Crippen LogP) is 4.65. The number of phenols is 1. The Morgan fingerprint density at radius 2 is 1.91 bits per heavy atom. The molecule has 0 atom stereocenters. The second-order valence-electron chi connectivity index (χ2n) is 7.76. The van der Waals surface area contributed by atoms with Crippen molar-refractivity contribution in [3.05, 3.63) is 100 Å². The molecule has 0 aliphatic rings. The van der Waals surface area contributed by atoms with E-state index in [4.69, 9.17) is 5.26 Å². The van der Waals surface area contributed by atoms with E-state index < -0.39 is 5.91 Å². The van der Waals surface area contributed by atoms with E-state index in [1.54, 1.807) is 6.21 Å². The molecule has 0 fully saturated rings. The smallest absolute Gasteiger partial charge is 0.271 e. The number of hydrogen-bond acceptors (Lipinski definition) is 4. The van der Waals surface area contributed by atoms with Crippen LogP contribution in [-0.4, -0.2) is 21.8 Å². The number of benzene rings is 3. The average molecular weight is 422 g/mol. The molecular weight excluding hydrogens is 400 g/mol. The molecule has 0 aliphatic carbocycles. The first kappa shape index (κ1) is 20.9. The maximum Gasteiger partial charge on any atom is 0.271 e. The summed E-state index contributed by atoms with van der Waals surface area (Å²) in [5.74, 6) is -0.623. The number of nitrogens with zero attached hydrogens (tertiary/aromatic N) is 3. The van der Waals surface area contributed by atoms with Gasteiger partial charge < -0.3 is 9.67 Å². The molecule has 1 heterocycles. The summed E-state index contributed by atoms with van der Waals surface area (Å²) in [6, 6.07) is 20.5. The monoisotopic (exact) mass is 422 g/mol. The standard InChI is InChI=1S/C26H22N4O2/c1-17-10-18(2)12-19(11-17)16-30-9-8-23-21(4-3-5-24(23)30)15-28-29-26(32)20-6-7-25(31)22(13-20)14-27/h3-13,15,31H,16H2,1-2H3,(H,29,32). The zero-order valence-electron chi connectivity index (χ0n) is 17.8. The van der Waals surface area contributed by atoms with Crippen molar-refractivity contribution in [2.45, 2.75) is 20.4 Å². The molecule has 4 rings (SSSR count). The fraction of sp³-hybridized carbons (Fsp3) is 0.115. The minimum Gasteiger partial charge on any atom is -0.507 e. The van der Waals surface area contributed by atoms with Crippen LogP contribution >= 0.6 is 0 Å². The number of aryl methyl sites for hydroxylation is 2. The molecule has 0 saturated carbocycles. The molecule has 1 amide bonds. The molecule has 1 aromatic heterocycles. The van der Waals surface area contributed by atoms with Crippen molar-refractivity contribution < 1.29 is 9.90 Å². The number of hydrazone groups is 1. The third kappa shape index (κ3) is 4.37. The molecule has 0 spiro atoms. The van der Waals surface area contributed by atoms with Crippen LogP contribution < -0.4 is 5.43 Å². The van der Waals surface area contributed by atoms with Gasteiger partial charge in [0, 0.05) is 34.8 Å². The van der Waals surface area contributed by atoms with Crippen molar-refractivity contribution in [1.29, 1.82) is 5.26 Å². The van der Waals surface area contributed by atoms with Crippen molar-refractivity contribution in [2.24, 2.45) is 5.10 Å². The quantitative estimate of drug-likeness (QED) is 0.362. The van der Waals surface area contributed by atoms with Gasteiger partial charge in [-0.1, -0.05) is 41.5 Å². The van der Waals surface area contributed by atoms with E-state index in [-0.39, 0.29) is 16.9 Å². The van der Waals surface area contributed by atoms with Crippen LogP contribution in [0.15, 0.2) is 72.0 Å². The lowest BCUT2D eigenvalue weighted by molar-refractivity contribution is 0.0955. The maximum absolute atomic E-state index is 12.3. The van der Waals surface area contributed by atoms with E-state index in [2.05, 4.69) is 59.4 Å². The van der Waals surface area contributed by atoms with Gasteiger partial charge in [0.2, 0.25) is 0 Å². The van der Waals surface area contributed by atoms with Crippen LogP contribution in [-0.2, 0) is 6.54 Å².